The van der Waals surface area contributed by atoms with Gasteiger partial charge in [-0.15, -0.1) is 11.8 Å². The number of benzene rings is 1. The quantitative estimate of drug-likeness (QED) is 0.677. The van der Waals surface area contributed by atoms with Crippen LogP contribution in [-0.4, -0.2) is 42.5 Å². The van der Waals surface area contributed by atoms with Gasteiger partial charge in [-0.2, -0.15) is 9.57 Å². The summed E-state index contributed by atoms with van der Waals surface area (Å²) < 4.78 is 26.8. The third kappa shape index (κ3) is 5.56. The molecule has 1 fully saturated rings. The van der Waals surface area contributed by atoms with Crippen LogP contribution in [-0.2, 0) is 14.8 Å². The number of carbonyl (C=O) groups excluding carboxylic acids is 1. The fraction of sp³-hybridized carbons (Fsp3) is 0.350. The van der Waals surface area contributed by atoms with E-state index in [1.807, 2.05) is 6.07 Å². The van der Waals surface area contributed by atoms with Crippen molar-refractivity contribution in [2.24, 2.45) is 0 Å². The van der Waals surface area contributed by atoms with Crippen LogP contribution in [0.15, 0.2) is 52.5 Å². The minimum Gasteiger partial charge on any atom is -0.325 e. The summed E-state index contributed by atoms with van der Waals surface area (Å²) in [6.45, 7) is 1.12. The van der Waals surface area contributed by atoms with E-state index in [9.17, 15) is 13.2 Å². The fourth-order valence-electron chi connectivity index (χ4n) is 3.01. The molecule has 2 heterocycles. The van der Waals surface area contributed by atoms with Crippen LogP contribution in [0, 0.1) is 11.3 Å². The number of carbonyl (C=O) groups is 1. The summed E-state index contributed by atoms with van der Waals surface area (Å²) in [5.74, 6) is 0.302. The number of pyridine rings is 1. The van der Waals surface area contributed by atoms with E-state index in [-0.39, 0.29) is 17.2 Å². The molecule has 1 aromatic carbocycles. The molecule has 1 saturated heterocycles. The Hall–Kier alpha value is -2.41. The van der Waals surface area contributed by atoms with Gasteiger partial charge in [0.25, 0.3) is 0 Å². The number of nitrogens with zero attached hydrogens (tertiary/aromatic N) is 3. The monoisotopic (exact) mass is 430 g/mol. The largest absolute Gasteiger partial charge is 0.325 e. The minimum absolute atomic E-state index is 0.190. The van der Waals surface area contributed by atoms with Gasteiger partial charge in [-0.1, -0.05) is 18.6 Å². The summed E-state index contributed by atoms with van der Waals surface area (Å²) >= 11 is 1.38. The van der Waals surface area contributed by atoms with Crippen LogP contribution in [0.25, 0.3) is 0 Å². The molecule has 1 aliphatic heterocycles. The van der Waals surface area contributed by atoms with Gasteiger partial charge in [0.15, 0.2) is 0 Å². The first-order valence-corrected chi connectivity index (χ1v) is 11.8. The van der Waals surface area contributed by atoms with Crippen molar-refractivity contribution < 1.29 is 13.2 Å². The van der Waals surface area contributed by atoms with Gasteiger partial charge in [0.05, 0.1) is 16.3 Å². The van der Waals surface area contributed by atoms with Crippen LogP contribution in [0.2, 0.25) is 0 Å². The molecular weight excluding hydrogens is 408 g/mol. The number of amides is 1. The first-order chi connectivity index (χ1) is 14.0. The Labute approximate surface area is 175 Å². The lowest BCUT2D eigenvalue weighted by Gasteiger charge is -2.25. The van der Waals surface area contributed by atoms with Gasteiger partial charge in [-0.05, 0) is 37.1 Å². The van der Waals surface area contributed by atoms with Gasteiger partial charge in [0.2, 0.25) is 15.9 Å². The van der Waals surface area contributed by atoms with Crippen molar-refractivity contribution in [2.45, 2.75) is 35.6 Å². The Bertz CT molecular complexity index is 995. The predicted octanol–water partition coefficient (Wildman–Crippen LogP) is 3.25. The lowest BCUT2D eigenvalue weighted by atomic mass is 10.2. The SMILES string of the molecule is N#Cc1ccccc1NC(=O)CCSc1ccc(S(=O)(=O)N2CCCCC2)cn1. The number of nitrogens with one attached hydrogen (secondary N) is 1. The topological polar surface area (TPSA) is 103 Å². The summed E-state index contributed by atoms with van der Waals surface area (Å²) in [7, 11) is -3.48. The molecule has 1 N–H and O–H groups in total. The van der Waals surface area contributed by atoms with E-state index >= 15 is 0 Å². The Kier molecular flexibility index (Phi) is 7.25. The summed E-state index contributed by atoms with van der Waals surface area (Å²) in [6.07, 6.45) is 4.48. The van der Waals surface area contributed by atoms with Gasteiger partial charge in [-0.3, -0.25) is 4.79 Å². The summed E-state index contributed by atoms with van der Waals surface area (Å²) in [5, 5.41) is 12.5. The third-order valence-corrected chi connectivity index (χ3v) is 7.39. The van der Waals surface area contributed by atoms with E-state index in [0.717, 1.165) is 19.3 Å². The highest BCUT2D eigenvalue weighted by molar-refractivity contribution is 7.99. The average Bonchev–Trinajstić information content (AvgIpc) is 2.75. The number of anilines is 1. The van der Waals surface area contributed by atoms with E-state index in [1.165, 1.54) is 22.3 Å². The number of piperidine rings is 1. The number of rotatable bonds is 7. The molecular formula is C20H22N4O3S2. The van der Waals surface area contributed by atoms with Crippen molar-refractivity contribution in [1.29, 1.82) is 5.26 Å². The van der Waals surface area contributed by atoms with Crippen molar-refractivity contribution in [3.05, 3.63) is 48.2 Å². The standard InChI is InChI=1S/C20H22N4O3S2/c21-14-16-6-2-3-7-18(16)23-19(25)10-13-28-20-9-8-17(15-22-20)29(26,27)24-11-4-1-5-12-24/h2-3,6-9,15H,1,4-5,10-13H2,(H,23,25). The number of thioether (sulfide) groups is 1. The highest BCUT2D eigenvalue weighted by atomic mass is 32.2. The van der Waals surface area contributed by atoms with E-state index < -0.39 is 10.0 Å². The Morgan fingerprint density at radius 1 is 1.17 bits per heavy atom. The molecule has 3 rings (SSSR count). The molecule has 1 aliphatic rings. The molecule has 9 heteroatoms. The molecule has 29 heavy (non-hydrogen) atoms. The van der Waals surface area contributed by atoms with E-state index in [4.69, 9.17) is 5.26 Å². The number of nitriles is 1. The average molecular weight is 431 g/mol. The lowest BCUT2D eigenvalue weighted by molar-refractivity contribution is -0.115. The van der Waals surface area contributed by atoms with Crippen LogP contribution < -0.4 is 5.32 Å². The number of aromatic nitrogens is 1. The minimum atomic E-state index is -3.48. The number of para-hydroxylation sites is 1. The molecule has 0 radical (unpaired) electrons. The predicted molar refractivity (Wildman–Crippen MR) is 112 cm³/mol. The molecule has 7 nitrogen and oxygen atoms in total. The van der Waals surface area contributed by atoms with Crippen LogP contribution in [0.5, 0.6) is 0 Å². The lowest BCUT2D eigenvalue weighted by Crippen LogP contribution is -2.35. The van der Waals surface area contributed by atoms with Crippen LogP contribution >= 0.6 is 11.8 Å². The second kappa shape index (κ2) is 9.87. The van der Waals surface area contributed by atoms with Crippen LogP contribution in [0.1, 0.15) is 31.2 Å². The molecule has 0 saturated carbocycles. The van der Waals surface area contributed by atoms with Crippen molar-refractivity contribution in [3.8, 4) is 6.07 Å². The highest BCUT2D eigenvalue weighted by Crippen LogP contribution is 2.23. The van der Waals surface area contributed by atoms with Gasteiger partial charge < -0.3 is 5.32 Å². The number of hydrogen-bond donors (Lipinski definition) is 1. The molecule has 0 spiro atoms. The normalized spacial score (nSPS) is 14.9. The van der Waals surface area contributed by atoms with Gasteiger partial charge >= 0.3 is 0 Å². The van der Waals surface area contributed by atoms with Gasteiger partial charge in [0, 0.05) is 31.5 Å². The summed E-state index contributed by atoms with van der Waals surface area (Å²) in [4.78, 5) is 16.5. The second-order valence-electron chi connectivity index (χ2n) is 6.60. The molecule has 2 aromatic rings. The maximum atomic E-state index is 12.6. The maximum Gasteiger partial charge on any atom is 0.244 e. The van der Waals surface area contributed by atoms with Crippen LogP contribution in [0.3, 0.4) is 0 Å². The number of hydrogen-bond acceptors (Lipinski definition) is 6. The van der Waals surface area contributed by atoms with Crippen molar-refractivity contribution >= 4 is 33.4 Å². The summed E-state index contributed by atoms with van der Waals surface area (Å²) in [6, 6.07) is 12.1. The third-order valence-electron chi connectivity index (χ3n) is 4.56. The highest BCUT2D eigenvalue weighted by Gasteiger charge is 2.26. The van der Waals surface area contributed by atoms with E-state index in [1.54, 1.807) is 36.4 Å². The second-order valence-corrected chi connectivity index (χ2v) is 9.65. The maximum absolute atomic E-state index is 12.6. The smallest absolute Gasteiger partial charge is 0.244 e. The Morgan fingerprint density at radius 2 is 1.93 bits per heavy atom. The molecule has 0 unspecified atom stereocenters. The van der Waals surface area contributed by atoms with Gasteiger partial charge in [-0.25, -0.2) is 13.4 Å². The first-order valence-electron chi connectivity index (χ1n) is 9.39. The van der Waals surface area contributed by atoms with Crippen molar-refractivity contribution in [2.75, 3.05) is 24.2 Å². The van der Waals surface area contributed by atoms with Gasteiger partial charge in [0.1, 0.15) is 11.0 Å². The van der Waals surface area contributed by atoms with Crippen molar-refractivity contribution in [1.82, 2.24) is 9.29 Å². The zero-order chi connectivity index (χ0) is 20.7. The Morgan fingerprint density at radius 3 is 2.62 bits per heavy atom. The van der Waals surface area contributed by atoms with E-state index in [2.05, 4.69) is 10.3 Å². The molecule has 0 atom stereocenters. The zero-order valence-corrected chi connectivity index (χ0v) is 17.5. The molecule has 1 amide bonds. The van der Waals surface area contributed by atoms with Crippen LogP contribution in [0.4, 0.5) is 5.69 Å². The van der Waals surface area contributed by atoms with Crippen molar-refractivity contribution in [3.63, 3.8) is 0 Å². The molecule has 152 valence electrons. The first kappa shape index (κ1) is 21.3. The summed E-state index contributed by atoms with van der Waals surface area (Å²) in [5.41, 5.74) is 0.913. The molecule has 0 aliphatic carbocycles. The Balaban J connectivity index is 1.51. The molecule has 1 aromatic heterocycles. The van der Waals surface area contributed by atoms with E-state index in [0.29, 0.717) is 35.1 Å². The number of sulfonamides is 1. The fourth-order valence-corrected chi connectivity index (χ4v) is 5.26. The molecule has 0 bridgehead atoms. The zero-order valence-electron chi connectivity index (χ0n) is 15.9.